The summed E-state index contributed by atoms with van der Waals surface area (Å²) < 4.78 is 11.4. The lowest BCUT2D eigenvalue weighted by atomic mass is 9.32. The number of aliphatic hydroxyl groups is 2. The normalized spacial score (nSPS) is 36.6. The maximum atomic E-state index is 15.2. The monoisotopic (exact) mass is 756 g/mol. The van der Waals surface area contributed by atoms with Gasteiger partial charge in [-0.15, -0.1) is 0 Å². The minimum Gasteiger partial charge on any atom is -0.497 e. The third-order valence-electron chi connectivity index (χ3n) is 15.7. The van der Waals surface area contributed by atoms with Crippen LogP contribution in [0.1, 0.15) is 82.0 Å². The number of aliphatic hydroxyl groups excluding tert-OH is 1. The summed E-state index contributed by atoms with van der Waals surface area (Å²) >= 11 is 0. The van der Waals surface area contributed by atoms with Crippen molar-refractivity contribution in [2.24, 2.45) is 33.5 Å². The molecule has 3 saturated carbocycles. The Morgan fingerprint density at radius 2 is 1.55 bits per heavy atom. The Kier molecular flexibility index (Phi) is 9.14. The minimum absolute atomic E-state index is 0.0232. The van der Waals surface area contributed by atoms with E-state index in [0.29, 0.717) is 43.0 Å². The molecule has 8 heteroatoms. The highest BCUT2D eigenvalue weighted by atomic mass is 16.5. The number of carbonyl (C=O) groups is 2. The molecule has 2 spiro atoms. The van der Waals surface area contributed by atoms with Crippen LogP contribution >= 0.6 is 0 Å². The molecule has 0 aromatic heterocycles. The number of nitrogens with one attached hydrogen (secondary N) is 1. The minimum atomic E-state index is -1.19. The Morgan fingerprint density at radius 1 is 0.857 bits per heavy atom. The zero-order valence-corrected chi connectivity index (χ0v) is 33.0. The topological polar surface area (TPSA) is 108 Å². The van der Waals surface area contributed by atoms with Gasteiger partial charge >= 0.3 is 6.03 Å². The third kappa shape index (κ3) is 5.65. The number of benzene rings is 3. The van der Waals surface area contributed by atoms with Crippen LogP contribution in [0.25, 0.3) is 11.1 Å². The number of amides is 2. The lowest BCUT2D eigenvalue weighted by Gasteiger charge is -2.71. The summed E-state index contributed by atoms with van der Waals surface area (Å²) in [5.74, 6) is 0.908. The first-order valence-electron chi connectivity index (χ1n) is 20.8. The van der Waals surface area contributed by atoms with Gasteiger partial charge in [0.05, 0.1) is 31.5 Å². The maximum absolute atomic E-state index is 15.2. The number of ketones is 1. The van der Waals surface area contributed by atoms with E-state index in [0.717, 1.165) is 61.6 Å². The number of nitrogens with zero attached hydrogens (tertiary/aromatic N) is 1. The number of allylic oxidation sites excluding steroid dienone is 4. The lowest BCUT2D eigenvalue weighted by molar-refractivity contribution is -0.175. The molecular weight excluding hydrogens is 701 g/mol. The fraction of sp³-hybridized carbons (Fsp3) is 0.500. The summed E-state index contributed by atoms with van der Waals surface area (Å²) in [5, 5.41) is 27.4. The average molecular weight is 757 g/mol. The van der Waals surface area contributed by atoms with Crippen molar-refractivity contribution >= 4 is 17.5 Å². The molecule has 0 radical (unpaired) electrons. The van der Waals surface area contributed by atoms with Crippen molar-refractivity contribution in [1.82, 2.24) is 4.90 Å². The van der Waals surface area contributed by atoms with Gasteiger partial charge in [-0.2, -0.15) is 0 Å². The van der Waals surface area contributed by atoms with Crippen LogP contribution in [0.4, 0.5) is 10.5 Å². The average Bonchev–Trinajstić information content (AvgIpc) is 3.83. The number of hydrogen-bond donors (Lipinski definition) is 3. The lowest BCUT2D eigenvalue weighted by Crippen LogP contribution is -2.67. The van der Waals surface area contributed by atoms with E-state index < -0.39 is 27.9 Å². The van der Waals surface area contributed by atoms with Crippen molar-refractivity contribution in [3.8, 4) is 16.9 Å². The molecule has 2 amide bonds. The molecule has 56 heavy (non-hydrogen) atoms. The van der Waals surface area contributed by atoms with E-state index in [1.807, 2.05) is 66.7 Å². The largest absolute Gasteiger partial charge is 0.497 e. The predicted molar refractivity (Wildman–Crippen MR) is 217 cm³/mol. The standard InChI is InChI=1S/C48H56N2O6/c1-44-22-19-36(51)28-46(44)25-26-48(39(29-46)42(52)34-13-11-33(12-14-34)32-8-5-4-6-9-32)40(44)20-23-45(2)41(48)21-24-47(45,54)31-50(30-38-10-7-27-56-38)43(53)49-35-15-17-37(55-3)18-16-35/h4-6,8-9,11-18,25-26,29,36,38,40-41,51,54H,7,10,19-24,27-28,30-31H2,1-3H3,(H,49,53). The number of fused-ring (bicyclic) bond motifs is 1. The quantitative estimate of drug-likeness (QED) is 0.149. The Morgan fingerprint density at radius 3 is 2.27 bits per heavy atom. The third-order valence-corrected chi connectivity index (χ3v) is 15.7. The van der Waals surface area contributed by atoms with Crippen LogP contribution in [0.3, 0.4) is 0 Å². The highest BCUT2D eigenvalue weighted by Gasteiger charge is 2.74. The number of methoxy groups -OCH3 is 1. The van der Waals surface area contributed by atoms with Crippen LogP contribution < -0.4 is 10.1 Å². The van der Waals surface area contributed by atoms with Crippen molar-refractivity contribution in [3.05, 3.63) is 108 Å². The zero-order chi connectivity index (χ0) is 38.9. The van der Waals surface area contributed by atoms with Crippen molar-refractivity contribution in [2.45, 2.75) is 89.4 Å². The van der Waals surface area contributed by atoms with Gasteiger partial charge in [0.15, 0.2) is 5.78 Å². The molecule has 2 bridgehead atoms. The molecule has 3 N–H and O–H groups in total. The Labute approximate surface area is 331 Å². The number of anilines is 1. The highest BCUT2D eigenvalue weighted by Crippen LogP contribution is 2.78. The molecule has 1 aliphatic heterocycles. The van der Waals surface area contributed by atoms with Gasteiger partial charge in [0.1, 0.15) is 5.75 Å². The molecule has 294 valence electrons. The molecule has 3 aromatic carbocycles. The van der Waals surface area contributed by atoms with E-state index >= 15 is 4.79 Å². The Bertz CT molecular complexity index is 2040. The van der Waals surface area contributed by atoms with Crippen LogP contribution in [0.2, 0.25) is 0 Å². The van der Waals surface area contributed by atoms with Gasteiger partial charge < -0.3 is 29.9 Å². The molecule has 6 aliphatic carbocycles. The van der Waals surface area contributed by atoms with Gasteiger partial charge in [0, 0.05) is 46.2 Å². The van der Waals surface area contributed by atoms with Crippen molar-refractivity contribution in [3.63, 3.8) is 0 Å². The van der Waals surface area contributed by atoms with E-state index in [-0.39, 0.29) is 41.7 Å². The van der Waals surface area contributed by atoms with Gasteiger partial charge in [-0.3, -0.25) is 4.79 Å². The van der Waals surface area contributed by atoms with Gasteiger partial charge in [0.2, 0.25) is 0 Å². The molecule has 10 rings (SSSR count). The van der Waals surface area contributed by atoms with Crippen LogP contribution in [0.5, 0.6) is 5.75 Å². The molecule has 3 aromatic rings. The fourth-order valence-corrected chi connectivity index (χ4v) is 12.6. The summed E-state index contributed by atoms with van der Waals surface area (Å²) in [6, 6.07) is 25.3. The zero-order valence-electron chi connectivity index (χ0n) is 33.0. The molecular formula is C48H56N2O6. The molecule has 8 nitrogen and oxygen atoms in total. The van der Waals surface area contributed by atoms with E-state index in [1.54, 1.807) is 12.0 Å². The number of ether oxygens (including phenoxy) is 2. The summed E-state index contributed by atoms with van der Waals surface area (Å²) in [4.78, 5) is 31.1. The summed E-state index contributed by atoms with van der Waals surface area (Å²) in [7, 11) is 1.62. The maximum Gasteiger partial charge on any atom is 0.322 e. The molecule has 7 aliphatic rings. The smallest absolute Gasteiger partial charge is 0.322 e. The molecule has 4 fully saturated rings. The van der Waals surface area contributed by atoms with Crippen LogP contribution in [-0.2, 0) is 4.74 Å². The first kappa shape index (κ1) is 37.3. The first-order valence-corrected chi connectivity index (χ1v) is 20.8. The molecule has 9 unspecified atom stereocenters. The predicted octanol–water partition coefficient (Wildman–Crippen LogP) is 8.85. The number of urea groups is 1. The van der Waals surface area contributed by atoms with Crippen molar-refractivity contribution in [2.75, 3.05) is 32.1 Å². The number of Topliss-reactive ketones (excluding diaryl/α,β-unsaturated/α-hetero) is 1. The number of carbonyl (C=O) groups excluding carboxylic acids is 2. The van der Waals surface area contributed by atoms with Crippen LogP contribution in [0, 0.1) is 33.5 Å². The van der Waals surface area contributed by atoms with E-state index in [1.165, 1.54) is 0 Å². The van der Waals surface area contributed by atoms with Gasteiger partial charge in [0.25, 0.3) is 0 Å². The SMILES string of the molecule is COc1ccc(NC(=O)N(CC2CCCO2)CC2(O)CCC3C45C=CC6(C=C4C(=O)c4ccc(-c7ccccc7)cc4)CC(O)CCC6(C)C5CCC32C)cc1. The summed E-state index contributed by atoms with van der Waals surface area (Å²) in [6.07, 6.45) is 13.5. The van der Waals surface area contributed by atoms with Crippen molar-refractivity contribution < 1.29 is 29.3 Å². The number of hydrogen-bond acceptors (Lipinski definition) is 6. The van der Waals surface area contributed by atoms with E-state index in [4.69, 9.17) is 9.47 Å². The van der Waals surface area contributed by atoms with E-state index in [2.05, 4.69) is 49.5 Å². The van der Waals surface area contributed by atoms with Gasteiger partial charge in [-0.1, -0.05) is 86.7 Å². The number of rotatable bonds is 9. The van der Waals surface area contributed by atoms with Gasteiger partial charge in [-0.25, -0.2) is 4.79 Å². The van der Waals surface area contributed by atoms with Gasteiger partial charge in [-0.05, 0) is 110 Å². The second-order valence-electron chi connectivity index (χ2n) is 18.3. The fourth-order valence-electron chi connectivity index (χ4n) is 12.6. The second-order valence-corrected chi connectivity index (χ2v) is 18.3. The molecule has 9 atom stereocenters. The Balaban J connectivity index is 1.07. The summed E-state index contributed by atoms with van der Waals surface area (Å²) in [5.41, 5.74) is 1.42. The molecule has 1 saturated heterocycles. The first-order chi connectivity index (χ1) is 26.9. The summed E-state index contributed by atoms with van der Waals surface area (Å²) in [6.45, 7) is 5.88. The van der Waals surface area contributed by atoms with Crippen LogP contribution in [-0.4, -0.2) is 71.5 Å². The highest BCUT2D eigenvalue weighted by molar-refractivity contribution is 6.10. The van der Waals surface area contributed by atoms with Crippen molar-refractivity contribution in [1.29, 1.82) is 0 Å². The van der Waals surface area contributed by atoms with Crippen LogP contribution in [0.15, 0.2) is 103 Å². The second kappa shape index (κ2) is 13.7. The van der Waals surface area contributed by atoms with E-state index in [9.17, 15) is 15.0 Å². The Hall–Kier alpha value is -4.24. The molecule has 1 heterocycles.